The maximum absolute atomic E-state index is 12.7. The van der Waals surface area contributed by atoms with E-state index in [0.29, 0.717) is 10.9 Å². The van der Waals surface area contributed by atoms with Crippen LogP contribution >= 0.6 is 11.3 Å². The van der Waals surface area contributed by atoms with Gasteiger partial charge in [-0.2, -0.15) is 18.4 Å². The smallest absolute Gasteiger partial charge is 0.416 e. The van der Waals surface area contributed by atoms with Gasteiger partial charge in [0.25, 0.3) is 5.91 Å². The fraction of sp³-hybridized carbons (Fsp3) is 0.105. The van der Waals surface area contributed by atoms with Crippen molar-refractivity contribution in [3.8, 4) is 11.8 Å². The molecular weight excluding hydrogens is 407 g/mol. The van der Waals surface area contributed by atoms with Gasteiger partial charge >= 0.3 is 6.18 Å². The Labute approximate surface area is 166 Å². The van der Waals surface area contributed by atoms with Crippen LogP contribution in [0.4, 0.5) is 18.3 Å². The summed E-state index contributed by atoms with van der Waals surface area (Å²) in [6.07, 6.45) is -1.70. The largest absolute Gasteiger partial charge is 0.486 e. The molecule has 6 nitrogen and oxygen atoms in total. The topological polar surface area (TPSA) is 88.1 Å². The monoisotopic (exact) mass is 419 g/mol. The van der Waals surface area contributed by atoms with Gasteiger partial charge in [-0.1, -0.05) is 6.07 Å². The van der Waals surface area contributed by atoms with Gasteiger partial charge in [-0.25, -0.2) is 4.98 Å². The molecule has 29 heavy (non-hydrogen) atoms. The third kappa shape index (κ3) is 5.46. The molecule has 0 spiro atoms. The van der Waals surface area contributed by atoms with Crippen molar-refractivity contribution in [1.29, 1.82) is 5.26 Å². The van der Waals surface area contributed by atoms with Crippen molar-refractivity contribution in [1.82, 2.24) is 4.98 Å². The molecule has 0 aliphatic heterocycles. The molecular formula is C19H12F3N3O3S. The van der Waals surface area contributed by atoms with Gasteiger partial charge in [-0.05, 0) is 30.3 Å². The summed E-state index contributed by atoms with van der Waals surface area (Å²) in [5.74, 6) is -0.0702. The molecule has 1 N–H and O–H groups in total. The van der Waals surface area contributed by atoms with Crippen molar-refractivity contribution in [3.63, 3.8) is 0 Å². The molecule has 2 heterocycles. The van der Waals surface area contributed by atoms with E-state index in [4.69, 9.17) is 9.15 Å². The number of benzene rings is 1. The van der Waals surface area contributed by atoms with Gasteiger partial charge in [0, 0.05) is 17.7 Å². The van der Waals surface area contributed by atoms with Gasteiger partial charge < -0.3 is 9.15 Å². The second-order valence-electron chi connectivity index (χ2n) is 5.58. The number of alkyl halides is 3. The number of nitrogens with one attached hydrogen (secondary N) is 1. The number of aromatic nitrogens is 1. The highest BCUT2D eigenvalue weighted by Crippen LogP contribution is 2.31. The molecule has 0 aliphatic rings. The minimum atomic E-state index is -4.46. The first-order chi connectivity index (χ1) is 13.8. The third-order valence-electron chi connectivity index (χ3n) is 3.53. The summed E-state index contributed by atoms with van der Waals surface area (Å²) >= 11 is 1.21. The van der Waals surface area contributed by atoms with Crippen LogP contribution in [0.1, 0.15) is 17.1 Å². The van der Waals surface area contributed by atoms with Gasteiger partial charge in [-0.15, -0.1) is 11.3 Å². The first-order valence-corrected chi connectivity index (χ1v) is 8.94. The number of nitrogens with zero attached hydrogens (tertiary/aromatic N) is 2. The van der Waals surface area contributed by atoms with Crippen LogP contribution < -0.4 is 10.1 Å². The van der Waals surface area contributed by atoms with Crippen LogP contribution in [-0.2, 0) is 17.6 Å². The van der Waals surface area contributed by atoms with Crippen molar-refractivity contribution in [3.05, 3.63) is 70.6 Å². The first-order valence-electron chi connectivity index (χ1n) is 8.06. The van der Waals surface area contributed by atoms with Crippen molar-refractivity contribution in [2.75, 3.05) is 5.32 Å². The summed E-state index contributed by atoms with van der Waals surface area (Å²) in [6.45, 7) is -0.123. The van der Waals surface area contributed by atoms with Crippen molar-refractivity contribution >= 4 is 28.5 Å². The SMILES string of the molecule is N#CC(=Cc1ccc(COc2cccc(C(F)(F)F)c2)o1)C(=O)Nc1nccs1. The predicted molar refractivity (Wildman–Crippen MR) is 98.8 cm³/mol. The zero-order valence-electron chi connectivity index (χ0n) is 14.6. The zero-order chi connectivity index (χ0) is 20.9. The molecule has 0 atom stereocenters. The lowest BCUT2D eigenvalue weighted by Gasteiger charge is -2.09. The number of furan rings is 1. The summed E-state index contributed by atoms with van der Waals surface area (Å²) in [4.78, 5) is 16.0. The highest BCUT2D eigenvalue weighted by Gasteiger charge is 2.30. The van der Waals surface area contributed by atoms with E-state index in [1.165, 1.54) is 47.9 Å². The van der Waals surface area contributed by atoms with E-state index in [1.54, 1.807) is 11.4 Å². The maximum Gasteiger partial charge on any atom is 0.416 e. The average Bonchev–Trinajstić information content (AvgIpc) is 3.36. The number of anilines is 1. The van der Waals surface area contributed by atoms with E-state index in [1.807, 2.05) is 0 Å². The number of hydrogen-bond donors (Lipinski definition) is 1. The number of nitriles is 1. The van der Waals surface area contributed by atoms with E-state index >= 15 is 0 Å². The fourth-order valence-electron chi connectivity index (χ4n) is 2.21. The molecule has 0 bridgehead atoms. The summed E-state index contributed by atoms with van der Waals surface area (Å²) in [5, 5.41) is 13.7. The average molecular weight is 419 g/mol. The summed E-state index contributed by atoms with van der Waals surface area (Å²) < 4.78 is 49.0. The van der Waals surface area contributed by atoms with Crippen molar-refractivity contribution in [2.45, 2.75) is 12.8 Å². The van der Waals surface area contributed by atoms with Crippen LogP contribution in [0.5, 0.6) is 5.75 Å². The Morgan fingerprint density at radius 1 is 1.34 bits per heavy atom. The molecule has 0 saturated heterocycles. The third-order valence-corrected chi connectivity index (χ3v) is 4.22. The van der Waals surface area contributed by atoms with E-state index < -0.39 is 17.6 Å². The van der Waals surface area contributed by atoms with Crippen LogP contribution in [-0.4, -0.2) is 10.9 Å². The predicted octanol–water partition coefficient (Wildman–Crippen LogP) is 4.88. The van der Waals surface area contributed by atoms with Crippen LogP contribution in [0, 0.1) is 11.3 Å². The molecule has 10 heteroatoms. The minimum Gasteiger partial charge on any atom is -0.486 e. The van der Waals surface area contributed by atoms with Crippen LogP contribution in [0.15, 0.2) is 58.0 Å². The Morgan fingerprint density at radius 2 is 2.17 bits per heavy atom. The lowest BCUT2D eigenvalue weighted by Crippen LogP contribution is -2.13. The molecule has 1 aromatic carbocycles. The molecule has 0 fully saturated rings. The molecule has 1 amide bonds. The zero-order valence-corrected chi connectivity index (χ0v) is 15.4. The number of rotatable bonds is 6. The second-order valence-corrected chi connectivity index (χ2v) is 6.47. The quantitative estimate of drug-likeness (QED) is 0.454. The van der Waals surface area contributed by atoms with Gasteiger partial charge in [0.05, 0.1) is 5.56 Å². The Morgan fingerprint density at radius 3 is 2.86 bits per heavy atom. The molecule has 0 unspecified atom stereocenters. The van der Waals surface area contributed by atoms with Gasteiger partial charge in [0.15, 0.2) is 5.13 Å². The summed E-state index contributed by atoms with van der Waals surface area (Å²) in [7, 11) is 0. The van der Waals surface area contributed by atoms with Crippen molar-refractivity contribution < 1.29 is 27.1 Å². The van der Waals surface area contributed by atoms with Crippen LogP contribution in [0.2, 0.25) is 0 Å². The number of amides is 1. The summed E-state index contributed by atoms with van der Waals surface area (Å²) in [6, 6.07) is 9.31. The van der Waals surface area contributed by atoms with Gasteiger partial charge in [0.2, 0.25) is 0 Å². The second kappa shape index (κ2) is 8.62. The Balaban J connectivity index is 1.65. The van der Waals surface area contributed by atoms with Gasteiger partial charge in [-0.3, -0.25) is 10.1 Å². The normalized spacial score (nSPS) is 11.7. The maximum atomic E-state index is 12.7. The highest BCUT2D eigenvalue weighted by atomic mass is 32.1. The van der Waals surface area contributed by atoms with E-state index in [9.17, 15) is 23.2 Å². The molecule has 148 valence electrons. The minimum absolute atomic E-state index is 0.0360. The Bertz CT molecular complexity index is 1070. The first kappa shape index (κ1) is 20.2. The fourth-order valence-corrected chi connectivity index (χ4v) is 2.73. The lowest BCUT2D eigenvalue weighted by molar-refractivity contribution is -0.137. The van der Waals surface area contributed by atoms with Gasteiger partial charge in [0.1, 0.15) is 35.5 Å². The van der Waals surface area contributed by atoms with E-state index in [-0.39, 0.29) is 23.7 Å². The lowest BCUT2D eigenvalue weighted by atomic mass is 10.2. The molecule has 3 rings (SSSR count). The Kier molecular flexibility index (Phi) is 5.99. The number of hydrogen-bond acceptors (Lipinski definition) is 6. The molecule has 0 radical (unpaired) electrons. The highest BCUT2D eigenvalue weighted by molar-refractivity contribution is 7.13. The molecule has 3 aromatic rings. The number of thiazole rings is 1. The number of ether oxygens (including phenoxy) is 1. The standard InChI is InChI=1S/C19H12F3N3O3S/c20-19(21,22)13-2-1-3-14(9-13)27-11-16-5-4-15(28-16)8-12(10-23)17(26)25-18-24-6-7-29-18/h1-9H,11H2,(H,24,25,26). The number of carbonyl (C=O) groups is 1. The van der Waals surface area contributed by atoms with E-state index in [0.717, 1.165) is 12.1 Å². The molecule has 2 aromatic heterocycles. The van der Waals surface area contributed by atoms with E-state index in [2.05, 4.69) is 10.3 Å². The molecule has 0 saturated carbocycles. The number of halogens is 3. The van der Waals surface area contributed by atoms with Crippen LogP contribution in [0.3, 0.4) is 0 Å². The Hall–Kier alpha value is -3.58. The van der Waals surface area contributed by atoms with Crippen molar-refractivity contribution in [2.24, 2.45) is 0 Å². The van der Waals surface area contributed by atoms with Crippen LogP contribution in [0.25, 0.3) is 6.08 Å². The number of carbonyl (C=O) groups excluding carboxylic acids is 1. The summed E-state index contributed by atoms with van der Waals surface area (Å²) in [5.41, 5.74) is -1.01. The molecule has 0 aliphatic carbocycles.